The zero-order valence-corrected chi connectivity index (χ0v) is 8.76. The molecule has 15 heavy (non-hydrogen) atoms. The van der Waals surface area contributed by atoms with Gasteiger partial charge in [-0.1, -0.05) is 17.8 Å². The summed E-state index contributed by atoms with van der Waals surface area (Å²) < 4.78 is 11.0. The molecule has 3 heterocycles. The van der Waals surface area contributed by atoms with Gasteiger partial charge in [-0.15, -0.1) is 0 Å². The first-order chi connectivity index (χ1) is 7.38. The maximum Gasteiger partial charge on any atom is 0.138 e. The smallest absolute Gasteiger partial charge is 0.138 e. The van der Waals surface area contributed by atoms with E-state index in [4.69, 9.17) is 14.6 Å². The van der Waals surface area contributed by atoms with Crippen LogP contribution in [-0.2, 0) is 9.47 Å². The van der Waals surface area contributed by atoms with Gasteiger partial charge >= 0.3 is 0 Å². The van der Waals surface area contributed by atoms with Gasteiger partial charge in [0.05, 0.1) is 11.6 Å². The number of ether oxygens (including phenoxy) is 2. The lowest BCUT2D eigenvalue weighted by Gasteiger charge is -2.14. The van der Waals surface area contributed by atoms with Crippen LogP contribution >= 0.6 is 11.8 Å². The number of hydrogen-bond acceptors (Lipinski definition) is 5. The van der Waals surface area contributed by atoms with Gasteiger partial charge in [0, 0.05) is 6.20 Å². The fraction of sp³-hybridized carbons (Fsp3) is 0.500. The summed E-state index contributed by atoms with van der Waals surface area (Å²) in [6.45, 7) is 0.0282. The molecule has 1 aromatic rings. The monoisotopic (exact) mass is 225 g/mol. The molecule has 4 nitrogen and oxygen atoms in total. The Kier molecular flexibility index (Phi) is 2.40. The molecule has 4 atom stereocenters. The molecule has 1 N–H and O–H groups in total. The zero-order valence-electron chi connectivity index (χ0n) is 7.95. The van der Waals surface area contributed by atoms with Crippen LogP contribution in [0.5, 0.6) is 0 Å². The van der Waals surface area contributed by atoms with Crippen LogP contribution in [0.1, 0.15) is 0 Å². The summed E-state index contributed by atoms with van der Waals surface area (Å²) in [4.78, 5) is 4.21. The maximum atomic E-state index is 9.02. The second-order valence-electron chi connectivity index (χ2n) is 3.58. The van der Waals surface area contributed by atoms with E-state index in [1.165, 1.54) is 0 Å². The number of thioether (sulfide) groups is 1. The summed E-state index contributed by atoms with van der Waals surface area (Å²) in [5.41, 5.74) is -0.0259. The summed E-state index contributed by atoms with van der Waals surface area (Å²) >= 11 is 1.55. The Bertz CT molecular complexity index is 348. The highest BCUT2D eigenvalue weighted by molar-refractivity contribution is 7.99. The molecule has 1 aromatic heterocycles. The first kappa shape index (κ1) is 9.59. The molecule has 80 valence electrons. The van der Waals surface area contributed by atoms with Gasteiger partial charge in [0.25, 0.3) is 0 Å². The third-order valence-electron chi connectivity index (χ3n) is 2.56. The van der Waals surface area contributed by atoms with Crippen molar-refractivity contribution < 1.29 is 14.6 Å². The van der Waals surface area contributed by atoms with Crippen LogP contribution in [0.4, 0.5) is 0 Å². The molecule has 0 unspecified atom stereocenters. The van der Waals surface area contributed by atoms with E-state index in [-0.39, 0.29) is 30.4 Å². The van der Waals surface area contributed by atoms with Crippen LogP contribution in [0.2, 0.25) is 0 Å². The van der Waals surface area contributed by atoms with E-state index < -0.39 is 0 Å². The lowest BCUT2D eigenvalue weighted by atomic mass is 10.2. The molecule has 2 fully saturated rings. The molecule has 2 aliphatic rings. The van der Waals surface area contributed by atoms with Gasteiger partial charge < -0.3 is 14.6 Å². The topological polar surface area (TPSA) is 54.9 Å². The van der Waals surface area contributed by atoms with Gasteiger partial charge in [-0.3, -0.25) is 0 Å². The van der Waals surface area contributed by atoms with Crippen molar-refractivity contribution in [1.82, 2.24) is 4.98 Å². The Hall–Kier alpha value is -0.620. The Labute approximate surface area is 91.6 Å². The fourth-order valence-corrected chi connectivity index (χ4v) is 2.83. The summed E-state index contributed by atoms with van der Waals surface area (Å²) in [6.07, 6.45) is 1.83. The molecule has 0 radical (unpaired) electrons. The van der Waals surface area contributed by atoms with E-state index in [1.807, 2.05) is 18.2 Å². The Morgan fingerprint density at radius 2 is 2.27 bits per heavy atom. The van der Waals surface area contributed by atoms with Crippen molar-refractivity contribution in [3.63, 3.8) is 0 Å². The van der Waals surface area contributed by atoms with E-state index in [1.54, 1.807) is 18.0 Å². The number of aliphatic hydroxyl groups is 1. The van der Waals surface area contributed by atoms with Crippen molar-refractivity contribution in [2.24, 2.45) is 0 Å². The number of aliphatic hydroxyl groups excluding tert-OH is 1. The average Bonchev–Trinajstić information content (AvgIpc) is 3.00. The van der Waals surface area contributed by atoms with Crippen LogP contribution in [0.25, 0.3) is 0 Å². The summed E-state index contributed by atoms with van der Waals surface area (Å²) in [5.74, 6) is 0. The lowest BCUT2D eigenvalue weighted by molar-refractivity contribution is -0.0174. The van der Waals surface area contributed by atoms with Crippen LogP contribution in [0.3, 0.4) is 0 Å². The highest BCUT2D eigenvalue weighted by Crippen LogP contribution is 2.45. The highest BCUT2D eigenvalue weighted by atomic mass is 32.2. The molecule has 0 spiro atoms. The van der Waals surface area contributed by atoms with Gasteiger partial charge in [0.1, 0.15) is 23.7 Å². The van der Waals surface area contributed by atoms with E-state index in [2.05, 4.69) is 4.98 Å². The maximum absolute atomic E-state index is 9.02. The third kappa shape index (κ3) is 1.76. The number of rotatable bonds is 3. The predicted octanol–water partition coefficient (Wildman–Crippen LogP) is 0.658. The SMILES string of the molecule is OC[C@H]1O[C@H](Sc2ccccn2)[C@H]2O[C@H]21. The van der Waals surface area contributed by atoms with Crippen LogP contribution in [0.15, 0.2) is 29.4 Å². The second-order valence-corrected chi connectivity index (χ2v) is 4.70. The molecule has 0 bridgehead atoms. The normalized spacial score (nSPS) is 37.7. The van der Waals surface area contributed by atoms with Crippen LogP contribution < -0.4 is 0 Å². The van der Waals surface area contributed by atoms with E-state index in [9.17, 15) is 0 Å². The van der Waals surface area contributed by atoms with Crippen LogP contribution in [0, 0.1) is 0 Å². The Morgan fingerprint density at radius 1 is 1.33 bits per heavy atom. The predicted molar refractivity (Wildman–Crippen MR) is 54.5 cm³/mol. The fourth-order valence-electron chi connectivity index (χ4n) is 1.76. The largest absolute Gasteiger partial charge is 0.394 e. The van der Waals surface area contributed by atoms with Gasteiger partial charge in [0.2, 0.25) is 0 Å². The minimum Gasteiger partial charge on any atom is -0.394 e. The molecule has 3 rings (SSSR count). The van der Waals surface area contributed by atoms with E-state index in [0.29, 0.717) is 0 Å². The molecule has 0 amide bonds. The molecular weight excluding hydrogens is 214 g/mol. The summed E-state index contributed by atoms with van der Waals surface area (Å²) in [5, 5.41) is 9.94. The number of epoxide rings is 1. The minimum atomic E-state index is -0.156. The van der Waals surface area contributed by atoms with Crippen molar-refractivity contribution in [2.45, 2.75) is 28.8 Å². The van der Waals surface area contributed by atoms with Crippen molar-refractivity contribution >= 4 is 11.8 Å². The number of pyridine rings is 1. The molecule has 5 heteroatoms. The zero-order chi connectivity index (χ0) is 10.3. The molecule has 0 aliphatic carbocycles. The standard InChI is InChI=1S/C10H11NO3S/c12-5-6-8-9(14-8)10(13-6)15-7-3-1-2-4-11-7/h1-4,6,8-10,12H,5H2/t6-,8+,9+,10-/m1/s1. The van der Waals surface area contributed by atoms with Crippen LogP contribution in [-0.4, -0.2) is 40.4 Å². The molecule has 0 saturated carbocycles. The van der Waals surface area contributed by atoms with Gasteiger partial charge in [-0.25, -0.2) is 4.98 Å². The molecule has 2 aliphatic heterocycles. The second kappa shape index (κ2) is 3.75. The first-order valence-corrected chi connectivity index (χ1v) is 5.76. The van der Waals surface area contributed by atoms with Crippen molar-refractivity contribution in [2.75, 3.05) is 6.61 Å². The van der Waals surface area contributed by atoms with Crippen molar-refractivity contribution in [1.29, 1.82) is 0 Å². The first-order valence-electron chi connectivity index (χ1n) is 4.88. The van der Waals surface area contributed by atoms with Gasteiger partial charge in [-0.2, -0.15) is 0 Å². The van der Waals surface area contributed by atoms with E-state index >= 15 is 0 Å². The van der Waals surface area contributed by atoms with Crippen molar-refractivity contribution in [3.05, 3.63) is 24.4 Å². The average molecular weight is 225 g/mol. The molecule has 2 saturated heterocycles. The van der Waals surface area contributed by atoms with E-state index in [0.717, 1.165) is 5.03 Å². The molecule has 0 aromatic carbocycles. The number of fused-ring (bicyclic) bond motifs is 1. The number of aromatic nitrogens is 1. The Balaban J connectivity index is 1.66. The summed E-state index contributed by atoms with van der Waals surface area (Å²) in [6, 6.07) is 5.77. The third-order valence-corrected chi connectivity index (χ3v) is 3.65. The summed E-state index contributed by atoms with van der Waals surface area (Å²) in [7, 11) is 0. The lowest BCUT2D eigenvalue weighted by Crippen LogP contribution is -2.21. The van der Waals surface area contributed by atoms with Gasteiger partial charge in [0.15, 0.2) is 0 Å². The quantitative estimate of drug-likeness (QED) is 0.766. The highest BCUT2D eigenvalue weighted by Gasteiger charge is 2.58. The van der Waals surface area contributed by atoms with Crippen molar-refractivity contribution in [3.8, 4) is 0 Å². The molecular formula is C10H11NO3S. The van der Waals surface area contributed by atoms with Gasteiger partial charge in [-0.05, 0) is 12.1 Å². The number of nitrogens with zero attached hydrogens (tertiary/aromatic N) is 1. The Morgan fingerprint density at radius 3 is 2.93 bits per heavy atom. The minimum absolute atomic E-state index is 0.0259. The number of hydrogen-bond donors (Lipinski definition) is 1.